The highest BCUT2D eigenvalue weighted by atomic mass is 16.5. The predicted octanol–water partition coefficient (Wildman–Crippen LogP) is 5.55. The summed E-state index contributed by atoms with van der Waals surface area (Å²) < 4.78 is 18.5. The molecule has 0 bridgehead atoms. The molecule has 0 spiro atoms. The van der Waals surface area contributed by atoms with Crippen LogP contribution in [-0.4, -0.2) is 17.5 Å². The van der Waals surface area contributed by atoms with Gasteiger partial charge < -0.3 is 18.5 Å². The largest absolute Gasteiger partial charge is 0.497 e. The zero-order valence-electron chi connectivity index (χ0n) is 16.5. The molecule has 0 atom stereocenters. The predicted molar refractivity (Wildman–Crippen MR) is 115 cm³/mol. The van der Waals surface area contributed by atoms with Gasteiger partial charge in [-0.05, 0) is 72.8 Å². The third-order valence-corrected chi connectivity index (χ3v) is 4.56. The van der Waals surface area contributed by atoms with Crippen molar-refractivity contribution in [2.75, 3.05) is 7.11 Å². The number of ketones is 1. The SMILES string of the molecule is COc1ccc(OCc2ccc(/C=C/C(=O)c3cccc(-n4cccc4)c3)o2)cc1. The van der Waals surface area contributed by atoms with Crippen LogP contribution in [0.15, 0.2) is 95.7 Å². The molecule has 150 valence electrons. The molecule has 0 saturated heterocycles. The quantitative estimate of drug-likeness (QED) is 0.288. The summed E-state index contributed by atoms with van der Waals surface area (Å²) in [5.41, 5.74) is 1.56. The number of rotatable bonds is 8. The molecule has 0 aliphatic heterocycles. The molecule has 4 rings (SSSR count). The number of nitrogens with zero attached hydrogens (tertiary/aromatic N) is 1. The van der Waals surface area contributed by atoms with Gasteiger partial charge in [-0.3, -0.25) is 4.79 Å². The molecule has 0 amide bonds. The molecule has 2 heterocycles. The Morgan fingerprint density at radius 1 is 0.967 bits per heavy atom. The monoisotopic (exact) mass is 399 g/mol. The summed E-state index contributed by atoms with van der Waals surface area (Å²) in [6.07, 6.45) is 7.07. The smallest absolute Gasteiger partial charge is 0.186 e. The Balaban J connectivity index is 1.37. The summed E-state index contributed by atoms with van der Waals surface area (Å²) in [6, 6.07) is 22.4. The van der Waals surface area contributed by atoms with E-state index in [-0.39, 0.29) is 5.78 Å². The summed E-state index contributed by atoms with van der Waals surface area (Å²) >= 11 is 0. The molecule has 0 radical (unpaired) electrons. The van der Waals surface area contributed by atoms with Crippen molar-refractivity contribution in [3.63, 3.8) is 0 Å². The number of ether oxygens (including phenoxy) is 2. The van der Waals surface area contributed by atoms with Crippen LogP contribution in [0.4, 0.5) is 0 Å². The van der Waals surface area contributed by atoms with Crippen LogP contribution in [-0.2, 0) is 6.61 Å². The van der Waals surface area contributed by atoms with E-state index < -0.39 is 0 Å². The van der Waals surface area contributed by atoms with Crippen LogP contribution >= 0.6 is 0 Å². The average Bonchev–Trinajstić information content (AvgIpc) is 3.49. The number of hydrogen-bond acceptors (Lipinski definition) is 4. The third kappa shape index (κ3) is 4.70. The fourth-order valence-corrected chi connectivity index (χ4v) is 2.97. The van der Waals surface area contributed by atoms with Crippen LogP contribution in [0.25, 0.3) is 11.8 Å². The standard InChI is InChI=1S/C25H21NO4/c1-28-21-7-9-22(10-8-21)29-18-24-12-11-23(30-24)13-14-25(27)19-5-4-6-20(17-19)26-15-2-3-16-26/h2-17H,18H2,1H3/b14-13+. The number of hydrogen-bond donors (Lipinski definition) is 0. The minimum absolute atomic E-state index is 0.0866. The van der Waals surface area contributed by atoms with Crippen molar-refractivity contribution in [2.45, 2.75) is 6.61 Å². The summed E-state index contributed by atoms with van der Waals surface area (Å²) in [5.74, 6) is 2.68. The number of methoxy groups -OCH3 is 1. The van der Waals surface area contributed by atoms with Crippen LogP contribution in [0.5, 0.6) is 11.5 Å². The molecule has 0 fully saturated rings. The van der Waals surface area contributed by atoms with E-state index in [1.807, 2.05) is 83.7 Å². The molecular weight excluding hydrogens is 378 g/mol. The van der Waals surface area contributed by atoms with E-state index in [0.717, 1.165) is 17.2 Å². The lowest BCUT2D eigenvalue weighted by Crippen LogP contribution is -1.97. The van der Waals surface area contributed by atoms with Crippen LogP contribution in [0.1, 0.15) is 21.9 Å². The first-order valence-electron chi connectivity index (χ1n) is 9.53. The van der Waals surface area contributed by atoms with Crippen molar-refractivity contribution in [3.05, 3.63) is 108 Å². The molecule has 0 aliphatic rings. The summed E-state index contributed by atoms with van der Waals surface area (Å²) in [6.45, 7) is 0.299. The molecule has 4 aromatic rings. The van der Waals surface area contributed by atoms with Crippen molar-refractivity contribution in [2.24, 2.45) is 0 Å². The summed E-state index contributed by atoms with van der Waals surface area (Å²) in [5, 5.41) is 0. The number of carbonyl (C=O) groups excluding carboxylic acids is 1. The van der Waals surface area contributed by atoms with Gasteiger partial charge in [0.15, 0.2) is 5.78 Å². The molecule has 30 heavy (non-hydrogen) atoms. The maximum atomic E-state index is 12.5. The molecule has 0 unspecified atom stereocenters. The first-order chi connectivity index (χ1) is 14.7. The van der Waals surface area contributed by atoms with Gasteiger partial charge >= 0.3 is 0 Å². The van der Waals surface area contributed by atoms with Crippen molar-refractivity contribution in [1.29, 1.82) is 0 Å². The highest BCUT2D eigenvalue weighted by Gasteiger charge is 2.06. The molecule has 0 aliphatic carbocycles. The van der Waals surface area contributed by atoms with E-state index in [1.165, 1.54) is 6.08 Å². The van der Waals surface area contributed by atoms with Crippen LogP contribution in [0, 0.1) is 0 Å². The van der Waals surface area contributed by atoms with Gasteiger partial charge in [0.25, 0.3) is 0 Å². The molecule has 5 heteroatoms. The summed E-state index contributed by atoms with van der Waals surface area (Å²) in [7, 11) is 1.62. The second-order valence-corrected chi connectivity index (χ2v) is 6.61. The maximum Gasteiger partial charge on any atom is 0.186 e. The van der Waals surface area contributed by atoms with Crippen LogP contribution in [0.3, 0.4) is 0 Å². The number of furan rings is 1. The van der Waals surface area contributed by atoms with E-state index in [4.69, 9.17) is 13.9 Å². The fourth-order valence-electron chi connectivity index (χ4n) is 2.97. The minimum atomic E-state index is -0.0866. The molecular formula is C25H21NO4. The lowest BCUT2D eigenvalue weighted by Gasteiger charge is -2.05. The second kappa shape index (κ2) is 9.01. The number of benzene rings is 2. The zero-order chi connectivity index (χ0) is 20.8. The fraction of sp³-hybridized carbons (Fsp3) is 0.0800. The maximum absolute atomic E-state index is 12.5. The van der Waals surface area contributed by atoms with Crippen molar-refractivity contribution in [1.82, 2.24) is 4.57 Å². The Bertz CT molecular complexity index is 1140. The minimum Gasteiger partial charge on any atom is -0.497 e. The van der Waals surface area contributed by atoms with Gasteiger partial charge in [-0.25, -0.2) is 0 Å². The number of aromatic nitrogens is 1. The second-order valence-electron chi connectivity index (χ2n) is 6.61. The Hall–Kier alpha value is -3.99. The lowest BCUT2D eigenvalue weighted by molar-refractivity contribution is 0.104. The molecule has 2 aromatic carbocycles. The zero-order valence-corrected chi connectivity index (χ0v) is 16.5. The molecule has 5 nitrogen and oxygen atoms in total. The van der Waals surface area contributed by atoms with E-state index in [0.29, 0.717) is 23.7 Å². The third-order valence-electron chi connectivity index (χ3n) is 4.56. The van der Waals surface area contributed by atoms with Gasteiger partial charge in [0.1, 0.15) is 29.6 Å². The van der Waals surface area contributed by atoms with Gasteiger partial charge in [-0.1, -0.05) is 12.1 Å². The number of allylic oxidation sites excluding steroid dienone is 1. The molecule has 2 aromatic heterocycles. The van der Waals surface area contributed by atoms with Gasteiger partial charge in [0.2, 0.25) is 0 Å². The van der Waals surface area contributed by atoms with E-state index in [1.54, 1.807) is 19.3 Å². The summed E-state index contributed by atoms with van der Waals surface area (Å²) in [4.78, 5) is 12.5. The van der Waals surface area contributed by atoms with Crippen molar-refractivity contribution in [3.8, 4) is 17.2 Å². The Morgan fingerprint density at radius 3 is 2.50 bits per heavy atom. The van der Waals surface area contributed by atoms with Gasteiger partial charge in [0, 0.05) is 23.6 Å². The van der Waals surface area contributed by atoms with E-state index >= 15 is 0 Å². The van der Waals surface area contributed by atoms with Crippen molar-refractivity contribution >= 4 is 11.9 Å². The highest BCUT2D eigenvalue weighted by molar-refractivity contribution is 6.06. The van der Waals surface area contributed by atoms with Crippen molar-refractivity contribution < 1.29 is 18.7 Å². The van der Waals surface area contributed by atoms with Gasteiger partial charge in [-0.15, -0.1) is 0 Å². The van der Waals surface area contributed by atoms with Crippen LogP contribution < -0.4 is 9.47 Å². The Kier molecular flexibility index (Phi) is 5.80. The average molecular weight is 399 g/mol. The van der Waals surface area contributed by atoms with Gasteiger partial charge in [0.05, 0.1) is 7.11 Å². The highest BCUT2D eigenvalue weighted by Crippen LogP contribution is 2.19. The van der Waals surface area contributed by atoms with E-state index in [2.05, 4.69) is 0 Å². The van der Waals surface area contributed by atoms with E-state index in [9.17, 15) is 4.79 Å². The normalized spacial score (nSPS) is 11.0. The first-order valence-corrected chi connectivity index (χ1v) is 9.53. The first kappa shape index (κ1) is 19.3. The van der Waals surface area contributed by atoms with Gasteiger partial charge in [-0.2, -0.15) is 0 Å². The Morgan fingerprint density at radius 2 is 1.73 bits per heavy atom. The molecule has 0 N–H and O–H groups in total. The Labute approximate surface area is 174 Å². The molecule has 0 saturated carbocycles. The topological polar surface area (TPSA) is 53.6 Å². The number of carbonyl (C=O) groups is 1. The van der Waals surface area contributed by atoms with Crippen LogP contribution in [0.2, 0.25) is 0 Å². The lowest BCUT2D eigenvalue weighted by atomic mass is 10.1.